The molecule has 0 radical (unpaired) electrons. The van der Waals surface area contributed by atoms with E-state index in [2.05, 4.69) is 36.5 Å². The third-order valence-corrected chi connectivity index (χ3v) is 5.26. The van der Waals surface area contributed by atoms with Crippen molar-refractivity contribution in [1.29, 1.82) is 0 Å². The summed E-state index contributed by atoms with van der Waals surface area (Å²) in [6.07, 6.45) is 2.62. The second kappa shape index (κ2) is 5.21. The van der Waals surface area contributed by atoms with Crippen LogP contribution in [0.5, 0.6) is 0 Å². The number of thiazole rings is 2. The lowest BCUT2D eigenvalue weighted by Crippen LogP contribution is -1.95. The van der Waals surface area contributed by atoms with Crippen LogP contribution in [-0.2, 0) is 0 Å². The van der Waals surface area contributed by atoms with Gasteiger partial charge < -0.3 is 5.32 Å². The molecule has 2 heterocycles. The van der Waals surface area contributed by atoms with Gasteiger partial charge in [-0.2, -0.15) is 0 Å². The molecule has 0 amide bonds. The lowest BCUT2D eigenvalue weighted by molar-refractivity contribution is 0.824. The molecule has 3 rings (SSSR count). The van der Waals surface area contributed by atoms with Crippen LogP contribution in [0.1, 0.15) is 56.2 Å². The van der Waals surface area contributed by atoms with Gasteiger partial charge in [0.05, 0.1) is 21.3 Å². The molecule has 0 saturated heterocycles. The average molecular weight is 293 g/mol. The summed E-state index contributed by atoms with van der Waals surface area (Å²) in [5, 5.41) is 7.75. The van der Waals surface area contributed by atoms with Gasteiger partial charge in [-0.3, -0.25) is 0 Å². The van der Waals surface area contributed by atoms with Crippen molar-refractivity contribution in [2.45, 2.75) is 45.4 Å². The molecule has 0 unspecified atom stereocenters. The van der Waals surface area contributed by atoms with E-state index in [4.69, 9.17) is 4.98 Å². The summed E-state index contributed by atoms with van der Waals surface area (Å²) in [5.41, 5.74) is 2.31. The first-order valence-corrected chi connectivity index (χ1v) is 8.59. The lowest BCUT2D eigenvalue weighted by Gasteiger charge is -2.02. The predicted octanol–water partition coefficient (Wildman–Crippen LogP) is 4.70. The largest absolute Gasteiger partial charge is 0.362 e. The fourth-order valence-corrected chi connectivity index (χ4v) is 4.24. The fraction of sp³-hybridized carbons (Fsp3) is 0.571. The predicted molar refractivity (Wildman–Crippen MR) is 83.4 cm³/mol. The first-order chi connectivity index (χ1) is 9.19. The zero-order valence-electron chi connectivity index (χ0n) is 11.6. The van der Waals surface area contributed by atoms with E-state index < -0.39 is 0 Å². The van der Waals surface area contributed by atoms with Gasteiger partial charge in [-0.05, 0) is 25.7 Å². The summed E-state index contributed by atoms with van der Waals surface area (Å²) >= 11 is 3.53. The van der Waals surface area contributed by atoms with E-state index in [1.807, 2.05) is 11.3 Å². The van der Waals surface area contributed by atoms with Crippen LogP contribution < -0.4 is 5.32 Å². The van der Waals surface area contributed by atoms with E-state index >= 15 is 0 Å². The maximum Gasteiger partial charge on any atom is 0.183 e. The van der Waals surface area contributed by atoms with Crippen LogP contribution >= 0.6 is 22.7 Å². The van der Waals surface area contributed by atoms with Gasteiger partial charge >= 0.3 is 0 Å². The average Bonchev–Trinajstić information content (AvgIpc) is 2.96. The van der Waals surface area contributed by atoms with E-state index in [0.717, 1.165) is 23.3 Å². The van der Waals surface area contributed by atoms with E-state index in [1.54, 1.807) is 11.3 Å². The second-order valence-electron chi connectivity index (χ2n) is 5.26. The molecule has 0 spiro atoms. The Bertz CT molecular complexity index is 567. The minimum absolute atomic E-state index is 0.461. The van der Waals surface area contributed by atoms with Crippen LogP contribution in [0.2, 0.25) is 0 Å². The molecular formula is C14H19N3S2. The van der Waals surface area contributed by atoms with Crippen molar-refractivity contribution in [2.75, 3.05) is 11.9 Å². The van der Waals surface area contributed by atoms with Crippen molar-refractivity contribution in [3.8, 4) is 10.6 Å². The number of nitrogens with zero attached hydrogens (tertiary/aromatic N) is 2. The van der Waals surface area contributed by atoms with E-state index in [9.17, 15) is 0 Å². The van der Waals surface area contributed by atoms with E-state index in [0.29, 0.717) is 5.92 Å². The molecule has 2 aromatic rings. The summed E-state index contributed by atoms with van der Waals surface area (Å²) in [6.45, 7) is 7.44. The van der Waals surface area contributed by atoms with Crippen LogP contribution in [0.4, 0.5) is 5.13 Å². The van der Waals surface area contributed by atoms with Crippen LogP contribution in [0, 0.1) is 0 Å². The standard InChI is InChI=1S/C14H19N3S2/c1-4-15-14-16-10(7-18-14)12-11(8(2)3)17-13(19-12)9-5-6-9/h7-9H,4-6H2,1-3H3,(H,15,16). The Balaban J connectivity index is 1.96. The molecule has 1 fully saturated rings. The topological polar surface area (TPSA) is 37.8 Å². The van der Waals surface area contributed by atoms with Crippen LogP contribution in [0.25, 0.3) is 10.6 Å². The maximum absolute atomic E-state index is 4.87. The smallest absolute Gasteiger partial charge is 0.183 e. The van der Waals surface area contributed by atoms with Gasteiger partial charge in [0.1, 0.15) is 0 Å². The quantitative estimate of drug-likeness (QED) is 0.868. The number of nitrogens with one attached hydrogen (secondary N) is 1. The van der Waals surface area contributed by atoms with Crippen molar-refractivity contribution in [3.05, 3.63) is 16.1 Å². The molecule has 0 aliphatic heterocycles. The number of aromatic nitrogens is 2. The minimum atomic E-state index is 0.461. The number of hydrogen-bond acceptors (Lipinski definition) is 5. The number of rotatable bonds is 5. The SMILES string of the molecule is CCNc1nc(-c2sc(C3CC3)nc2C(C)C)cs1. The van der Waals surface area contributed by atoms with Gasteiger partial charge in [0.2, 0.25) is 0 Å². The van der Waals surface area contributed by atoms with E-state index in [1.165, 1.54) is 28.4 Å². The highest BCUT2D eigenvalue weighted by Gasteiger charge is 2.29. The zero-order valence-corrected chi connectivity index (χ0v) is 13.2. The van der Waals surface area contributed by atoms with E-state index in [-0.39, 0.29) is 0 Å². The number of anilines is 1. The highest BCUT2D eigenvalue weighted by molar-refractivity contribution is 7.17. The fourth-order valence-electron chi connectivity index (χ4n) is 2.04. The van der Waals surface area contributed by atoms with Gasteiger partial charge in [-0.1, -0.05) is 13.8 Å². The Kier molecular flexibility index (Phi) is 3.58. The molecule has 3 nitrogen and oxygen atoms in total. The van der Waals surface area contributed by atoms with Gasteiger partial charge in [0, 0.05) is 17.8 Å². The summed E-state index contributed by atoms with van der Waals surface area (Å²) < 4.78 is 0. The molecular weight excluding hydrogens is 274 g/mol. The Labute approximate surface area is 122 Å². The zero-order chi connectivity index (χ0) is 13.4. The summed E-state index contributed by atoms with van der Waals surface area (Å²) in [5.74, 6) is 1.19. The summed E-state index contributed by atoms with van der Waals surface area (Å²) in [4.78, 5) is 10.8. The molecule has 0 bridgehead atoms. The monoisotopic (exact) mass is 293 g/mol. The summed E-state index contributed by atoms with van der Waals surface area (Å²) in [7, 11) is 0. The highest BCUT2D eigenvalue weighted by Crippen LogP contribution is 2.46. The first kappa shape index (κ1) is 13.1. The van der Waals surface area contributed by atoms with Gasteiger partial charge in [-0.25, -0.2) is 9.97 Å². The van der Waals surface area contributed by atoms with Gasteiger partial charge in [0.15, 0.2) is 5.13 Å². The molecule has 19 heavy (non-hydrogen) atoms. The molecule has 5 heteroatoms. The molecule has 1 saturated carbocycles. The van der Waals surface area contributed by atoms with Crippen molar-refractivity contribution < 1.29 is 0 Å². The molecule has 1 aliphatic rings. The lowest BCUT2D eigenvalue weighted by atomic mass is 10.1. The maximum atomic E-state index is 4.87. The number of hydrogen-bond donors (Lipinski definition) is 1. The van der Waals surface area contributed by atoms with Crippen molar-refractivity contribution in [3.63, 3.8) is 0 Å². The Morgan fingerprint density at radius 2 is 2.16 bits per heavy atom. The van der Waals surface area contributed by atoms with Crippen molar-refractivity contribution in [2.24, 2.45) is 0 Å². The molecule has 2 aromatic heterocycles. The van der Waals surface area contributed by atoms with Crippen LogP contribution in [0.15, 0.2) is 5.38 Å². The van der Waals surface area contributed by atoms with Crippen LogP contribution in [-0.4, -0.2) is 16.5 Å². The molecule has 0 atom stereocenters. The second-order valence-corrected chi connectivity index (χ2v) is 7.15. The van der Waals surface area contributed by atoms with Gasteiger partial charge in [0.25, 0.3) is 0 Å². The highest BCUT2D eigenvalue weighted by atomic mass is 32.1. The first-order valence-electron chi connectivity index (χ1n) is 6.89. The molecule has 0 aromatic carbocycles. The molecule has 1 aliphatic carbocycles. The van der Waals surface area contributed by atoms with Crippen LogP contribution in [0.3, 0.4) is 0 Å². The normalized spacial score (nSPS) is 15.2. The Morgan fingerprint density at radius 1 is 1.37 bits per heavy atom. The Morgan fingerprint density at radius 3 is 2.79 bits per heavy atom. The van der Waals surface area contributed by atoms with Gasteiger partial charge in [-0.15, -0.1) is 22.7 Å². The van der Waals surface area contributed by atoms with Crippen molar-refractivity contribution >= 4 is 27.8 Å². The van der Waals surface area contributed by atoms with Crippen molar-refractivity contribution in [1.82, 2.24) is 9.97 Å². The Hall–Kier alpha value is -0.940. The third-order valence-electron chi connectivity index (χ3n) is 3.21. The minimum Gasteiger partial charge on any atom is -0.362 e. The summed E-state index contributed by atoms with van der Waals surface area (Å²) in [6, 6.07) is 0. The molecule has 102 valence electrons. The molecule has 1 N–H and O–H groups in total. The third kappa shape index (κ3) is 2.67.